The van der Waals surface area contributed by atoms with Gasteiger partial charge in [-0.05, 0) is 24.1 Å². The zero-order valence-electron chi connectivity index (χ0n) is 14.0. The molecule has 9 heteroatoms. The summed E-state index contributed by atoms with van der Waals surface area (Å²) in [6.45, 7) is 0.0943. The molecule has 26 heavy (non-hydrogen) atoms. The SMILES string of the molecule is Cn1cnc(CN2C[C@H](C(=O)C(=O)O)[C@@H](Cc3ccc(F)cc3)C2=O)n1. The van der Waals surface area contributed by atoms with Gasteiger partial charge in [-0.25, -0.2) is 14.2 Å². The highest BCUT2D eigenvalue weighted by atomic mass is 19.1. The summed E-state index contributed by atoms with van der Waals surface area (Å²) in [5.74, 6) is -4.67. The van der Waals surface area contributed by atoms with E-state index in [0.717, 1.165) is 0 Å². The van der Waals surface area contributed by atoms with E-state index < -0.39 is 29.4 Å². The predicted octanol–water partition coefficient (Wildman–Crippen LogP) is 0.425. The number of nitrogens with zero attached hydrogens (tertiary/aromatic N) is 4. The monoisotopic (exact) mass is 360 g/mol. The van der Waals surface area contributed by atoms with Crippen molar-refractivity contribution >= 4 is 17.7 Å². The Morgan fingerprint density at radius 1 is 1.31 bits per heavy atom. The average Bonchev–Trinajstić information content (AvgIpc) is 3.14. The summed E-state index contributed by atoms with van der Waals surface area (Å²) >= 11 is 0. The number of carbonyl (C=O) groups excluding carboxylic acids is 2. The van der Waals surface area contributed by atoms with Crippen molar-refractivity contribution in [1.82, 2.24) is 19.7 Å². The Morgan fingerprint density at radius 2 is 2.00 bits per heavy atom. The molecule has 1 aliphatic rings. The van der Waals surface area contributed by atoms with Gasteiger partial charge in [0.2, 0.25) is 11.7 Å². The second-order valence-corrected chi connectivity index (χ2v) is 6.27. The maximum Gasteiger partial charge on any atom is 0.372 e. The lowest BCUT2D eigenvalue weighted by molar-refractivity contribution is -0.151. The predicted molar refractivity (Wildman–Crippen MR) is 86.1 cm³/mol. The highest BCUT2D eigenvalue weighted by molar-refractivity contribution is 6.34. The zero-order chi connectivity index (χ0) is 18.8. The number of ketones is 1. The second-order valence-electron chi connectivity index (χ2n) is 6.27. The molecule has 1 fully saturated rings. The van der Waals surface area contributed by atoms with Gasteiger partial charge >= 0.3 is 5.97 Å². The van der Waals surface area contributed by atoms with Crippen molar-refractivity contribution in [2.75, 3.05) is 6.54 Å². The van der Waals surface area contributed by atoms with Crippen molar-refractivity contribution < 1.29 is 23.9 Å². The van der Waals surface area contributed by atoms with Crippen LogP contribution in [0.5, 0.6) is 0 Å². The first-order chi connectivity index (χ1) is 12.3. The topological polar surface area (TPSA) is 105 Å². The summed E-state index contributed by atoms with van der Waals surface area (Å²) in [5, 5.41) is 13.2. The van der Waals surface area contributed by atoms with Gasteiger partial charge in [0.05, 0.1) is 18.4 Å². The van der Waals surface area contributed by atoms with Crippen LogP contribution in [0.15, 0.2) is 30.6 Å². The third-order valence-corrected chi connectivity index (χ3v) is 4.43. The lowest BCUT2D eigenvalue weighted by atomic mass is 9.86. The van der Waals surface area contributed by atoms with Crippen molar-refractivity contribution in [3.8, 4) is 0 Å². The van der Waals surface area contributed by atoms with E-state index in [4.69, 9.17) is 5.11 Å². The molecule has 8 nitrogen and oxygen atoms in total. The Kier molecular flexibility index (Phi) is 4.79. The molecule has 0 aliphatic carbocycles. The van der Waals surface area contributed by atoms with Crippen LogP contribution in [-0.2, 0) is 34.4 Å². The maximum absolute atomic E-state index is 13.1. The standard InChI is InChI=1S/C17H17FN4O4/c1-21-9-19-14(20-21)8-22-7-13(15(23)17(25)26)12(16(22)24)6-10-2-4-11(18)5-3-10/h2-5,9,12-13H,6-8H2,1H3,(H,25,26)/t12-,13+/m1/s1. The molecule has 0 saturated carbocycles. The third kappa shape index (κ3) is 3.61. The number of hydrogen-bond acceptors (Lipinski definition) is 5. The first-order valence-corrected chi connectivity index (χ1v) is 8.00. The minimum Gasteiger partial charge on any atom is -0.475 e. The smallest absolute Gasteiger partial charge is 0.372 e. The molecule has 1 saturated heterocycles. The molecule has 3 rings (SSSR count). The van der Waals surface area contributed by atoms with Crippen LogP contribution >= 0.6 is 0 Å². The van der Waals surface area contributed by atoms with Crippen molar-refractivity contribution in [1.29, 1.82) is 0 Å². The van der Waals surface area contributed by atoms with E-state index in [9.17, 15) is 18.8 Å². The number of halogens is 1. The summed E-state index contributed by atoms with van der Waals surface area (Å²) in [4.78, 5) is 41.4. The molecule has 136 valence electrons. The van der Waals surface area contributed by atoms with E-state index in [2.05, 4.69) is 10.1 Å². The average molecular weight is 360 g/mol. The Hall–Kier alpha value is -3.10. The number of benzene rings is 1. The summed E-state index contributed by atoms with van der Waals surface area (Å²) < 4.78 is 14.6. The number of hydrogen-bond donors (Lipinski definition) is 1. The number of likely N-dealkylation sites (tertiary alicyclic amines) is 1. The quantitative estimate of drug-likeness (QED) is 0.749. The Labute approximate surface area is 148 Å². The normalized spacial score (nSPS) is 19.8. The molecule has 1 aliphatic heterocycles. The number of amides is 1. The van der Waals surface area contributed by atoms with Crippen molar-refractivity contribution in [3.05, 3.63) is 47.8 Å². The highest BCUT2D eigenvalue weighted by Crippen LogP contribution is 2.30. The van der Waals surface area contributed by atoms with Crippen LogP contribution in [0.2, 0.25) is 0 Å². The molecule has 2 atom stereocenters. The Balaban J connectivity index is 1.82. The number of aryl methyl sites for hydroxylation is 1. The van der Waals surface area contributed by atoms with Crippen LogP contribution in [0.4, 0.5) is 4.39 Å². The van der Waals surface area contributed by atoms with Gasteiger partial charge in [-0.15, -0.1) is 0 Å². The van der Waals surface area contributed by atoms with Gasteiger partial charge in [0, 0.05) is 13.6 Å². The van der Waals surface area contributed by atoms with Gasteiger partial charge in [0.25, 0.3) is 0 Å². The van der Waals surface area contributed by atoms with Gasteiger partial charge in [0.15, 0.2) is 5.82 Å². The number of carboxylic acid groups (broad SMARTS) is 1. The van der Waals surface area contributed by atoms with Crippen LogP contribution in [0.3, 0.4) is 0 Å². The molecular formula is C17H17FN4O4. The van der Waals surface area contributed by atoms with E-state index in [1.807, 2.05) is 0 Å². The molecule has 2 heterocycles. The molecular weight excluding hydrogens is 343 g/mol. The maximum atomic E-state index is 13.1. The van der Waals surface area contributed by atoms with Crippen molar-refractivity contribution in [3.63, 3.8) is 0 Å². The van der Waals surface area contributed by atoms with Crippen molar-refractivity contribution in [2.24, 2.45) is 18.9 Å². The Morgan fingerprint density at radius 3 is 2.58 bits per heavy atom. The summed E-state index contributed by atoms with van der Waals surface area (Å²) in [7, 11) is 1.69. The number of Topliss-reactive ketones (excluding diaryl/α,β-unsaturated/α-hetero) is 1. The molecule has 0 spiro atoms. The fourth-order valence-electron chi connectivity index (χ4n) is 3.16. The van der Waals surface area contributed by atoms with Crippen LogP contribution in [0, 0.1) is 17.7 Å². The Bertz CT molecular complexity index is 849. The van der Waals surface area contributed by atoms with E-state index >= 15 is 0 Å². The minimum absolute atomic E-state index is 0.00587. The summed E-state index contributed by atoms with van der Waals surface area (Å²) in [6, 6.07) is 5.57. The van der Waals surface area contributed by atoms with Crippen LogP contribution in [-0.4, -0.2) is 49.0 Å². The highest BCUT2D eigenvalue weighted by Gasteiger charge is 2.46. The van der Waals surface area contributed by atoms with E-state index in [-0.39, 0.29) is 25.4 Å². The number of carbonyl (C=O) groups is 3. The van der Waals surface area contributed by atoms with Crippen LogP contribution in [0.1, 0.15) is 11.4 Å². The molecule has 1 N–H and O–H groups in total. The fourth-order valence-corrected chi connectivity index (χ4v) is 3.16. The van der Waals surface area contributed by atoms with Crippen LogP contribution in [0.25, 0.3) is 0 Å². The molecule has 2 aromatic rings. The number of aliphatic carboxylic acids is 1. The molecule has 0 radical (unpaired) electrons. The summed E-state index contributed by atoms with van der Waals surface area (Å²) in [5.41, 5.74) is 0.658. The van der Waals surface area contributed by atoms with Crippen molar-refractivity contribution in [2.45, 2.75) is 13.0 Å². The van der Waals surface area contributed by atoms with Gasteiger partial charge in [-0.2, -0.15) is 5.10 Å². The van der Waals surface area contributed by atoms with Crippen LogP contribution < -0.4 is 0 Å². The molecule has 1 aromatic carbocycles. The zero-order valence-corrected chi connectivity index (χ0v) is 14.0. The van der Waals surface area contributed by atoms with Gasteiger partial charge in [-0.3, -0.25) is 14.3 Å². The van der Waals surface area contributed by atoms with E-state index in [1.165, 1.54) is 40.2 Å². The largest absolute Gasteiger partial charge is 0.475 e. The number of carboxylic acids is 1. The summed E-state index contributed by atoms with van der Waals surface area (Å²) in [6.07, 6.45) is 1.65. The second kappa shape index (κ2) is 7.03. The molecule has 1 aromatic heterocycles. The van der Waals surface area contributed by atoms with E-state index in [1.54, 1.807) is 7.05 Å². The first kappa shape index (κ1) is 17.7. The number of aromatic nitrogens is 3. The van der Waals surface area contributed by atoms with Gasteiger partial charge in [0.1, 0.15) is 12.1 Å². The minimum atomic E-state index is -1.57. The molecule has 1 amide bonds. The lowest BCUT2D eigenvalue weighted by Crippen LogP contribution is -2.31. The lowest BCUT2D eigenvalue weighted by Gasteiger charge is -2.14. The third-order valence-electron chi connectivity index (χ3n) is 4.43. The van der Waals surface area contributed by atoms with Gasteiger partial charge < -0.3 is 10.0 Å². The number of rotatable bonds is 6. The first-order valence-electron chi connectivity index (χ1n) is 8.00. The fraction of sp³-hybridized carbons (Fsp3) is 0.353. The molecule has 0 unspecified atom stereocenters. The van der Waals surface area contributed by atoms with E-state index in [0.29, 0.717) is 11.4 Å². The molecule has 0 bridgehead atoms. The van der Waals surface area contributed by atoms with Gasteiger partial charge in [-0.1, -0.05) is 12.1 Å².